The van der Waals surface area contributed by atoms with Gasteiger partial charge in [-0.15, -0.1) is 0 Å². The number of nitrogens with zero attached hydrogens (tertiary/aromatic N) is 1. The Morgan fingerprint density at radius 3 is 2.58 bits per heavy atom. The van der Waals surface area contributed by atoms with Crippen molar-refractivity contribution in [2.75, 3.05) is 27.2 Å². The lowest BCUT2D eigenvalue weighted by Gasteiger charge is -2.17. The molecule has 0 bridgehead atoms. The Hall–Kier alpha value is -0.570. The summed E-state index contributed by atoms with van der Waals surface area (Å²) in [5.74, 6) is 0.690. The number of amides is 1. The molecule has 0 aromatic rings. The van der Waals surface area contributed by atoms with Gasteiger partial charge in [0.05, 0.1) is 0 Å². The molecular formula is C9H22N2O. The average Bonchev–Trinajstić information content (AvgIpc) is 1.98. The fourth-order valence-corrected chi connectivity index (χ4v) is 0.909. The van der Waals surface area contributed by atoms with Crippen molar-refractivity contribution in [2.45, 2.75) is 20.3 Å². The molecule has 0 aromatic heterocycles. The van der Waals surface area contributed by atoms with Crippen LogP contribution in [0.3, 0.4) is 0 Å². The van der Waals surface area contributed by atoms with E-state index in [-0.39, 0.29) is 7.33 Å². The van der Waals surface area contributed by atoms with Gasteiger partial charge in [-0.2, -0.15) is 0 Å². The monoisotopic (exact) mass is 174 g/mol. The maximum atomic E-state index is 11.4. The lowest BCUT2D eigenvalue weighted by molar-refractivity contribution is -0.130. The van der Waals surface area contributed by atoms with Crippen molar-refractivity contribution in [3.8, 4) is 0 Å². The molecule has 0 unspecified atom stereocenters. The van der Waals surface area contributed by atoms with Gasteiger partial charge in [-0.1, -0.05) is 13.8 Å². The quantitative estimate of drug-likeness (QED) is 0.673. The van der Waals surface area contributed by atoms with Gasteiger partial charge in [-0.05, 0) is 13.0 Å². The molecule has 3 heteroatoms. The Labute approximate surface area is 76.6 Å². The number of likely N-dealkylation sites (N-methyl/N-ethyl adjacent to an activating group) is 2. The minimum absolute atomic E-state index is 0. The minimum atomic E-state index is 0. The average molecular weight is 174 g/mol. The molecule has 12 heavy (non-hydrogen) atoms. The maximum Gasteiger partial charge on any atom is 0.222 e. The number of carbonyl (C=O) groups excluding carboxylic acids is 1. The van der Waals surface area contributed by atoms with E-state index in [1.807, 2.05) is 14.1 Å². The molecule has 0 aromatic carbocycles. The third-order valence-corrected chi connectivity index (χ3v) is 1.71. The molecule has 0 radical (unpaired) electrons. The Kier molecular flexibility index (Phi) is 5.72. The first-order valence-corrected chi connectivity index (χ1v) is 4.46. The van der Waals surface area contributed by atoms with Crippen LogP contribution < -0.4 is 5.32 Å². The predicted octanol–water partition coefficient (Wildman–Crippen LogP) is 0.956. The van der Waals surface area contributed by atoms with Crippen molar-refractivity contribution in [3.63, 3.8) is 0 Å². The normalized spacial score (nSPS) is 10.4. The molecule has 0 aliphatic heterocycles. The van der Waals surface area contributed by atoms with E-state index >= 15 is 0 Å². The number of rotatable bonds is 5. The van der Waals surface area contributed by atoms with Gasteiger partial charge >= 0.3 is 0 Å². The zero-order valence-corrected chi connectivity index (χ0v) is 8.55. The topological polar surface area (TPSA) is 32.3 Å². The van der Waals surface area contributed by atoms with E-state index in [4.69, 9.17) is 0 Å². The Balaban J connectivity index is 0. The van der Waals surface area contributed by atoms with Gasteiger partial charge in [-0.25, -0.2) is 0 Å². The van der Waals surface area contributed by atoms with Crippen LogP contribution in [0.15, 0.2) is 0 Å². The Morgan fingerprint density at radius 1 is 1.58 bits per heavy atom. The molecule has 3 nitrogen and oxygen atoms in total. The standard InChI is InChI=1S/C9H20N2O.H2/c1-8(2)7-9(12)11(4)6-5-10-3;/h8,10H,5-7H2,1-4H3;1H. The van der Waals surface area contributed by atoms with E-state index < -0.39 is 0 Å². The summed E-state index contributed by atoms with van der Waals surface area (Å²) in [6.45, 7) is 5.77. The Morgan fingerprint density at radius 2 is 2.17 bits per heavy atom. The molecule has 0 saturated heterocycles. The van der Waals surface area contributed by atoms with Crippen LogP contribution in [0.2, 0.25) is 0 Å². The van der Waals surface area contributed by atoms with Gasteiger partial charge in [0.1, 0.15) is 0 Å². The second-order valence-electron chi connectivity index (χ2n) is 3.52. The van der Waals surface area contributed by atoms with E-state index in [0.717, 1.165) is 13.1 Å². The zero-order valence-electron chi connectivity index (χ0n) is 8.55. The highest BCUT2D eigenvalue weighted by molar-refractivity contribution is 5.76. The van der Waals surface area contributed by atoms with Crippen molar-refractivity contribution in [1.29, 1.82) is 0 Å². The van der Waals surface area contributed by atoms with Crippen LogP contribution in [0.1, 0.15) is 21.7 Å². The summed E-state index contributed by atoms with van der Waals surface area (Å²) in [6.07, 6.45) is 0.653. The molecule has 0 heterocycles. The molecule has 1 N–H and O–H groups in total. The van der Waals surface area contributed by atoms with Gasteiger partial charge in [-0.3, -0.25) is 4.79 Å². The third-order valence-electron chi connectivity index (χ3n) is 1.71. The summed E-state index contributed by atoms with van der Waals surface area (Å²) in [7, 11) is 3.74. The summed E-state index contributed by atoms with van der Waals surface area (Å²) in [5, 5.41) is 3.01. The van der Waals surface area contributed by atoms with E-state index in [9.17, 15) is 4.79 Å². The highest BCUT2D eigenvalue weighted by Gasteiger charge is 2.09. The molecular weight excluding hydrogens is 152 g/mol. The number of hydrogen-bond acceptors (Lipinski definition) is 2. The van der Waals surface area contributed by atoms with E-state index in [1.54, 1.807) is 4.90 Å². The second-order valence-corrected chi connectivity index (χ2v) is 3.52. The van der Waals surface area contributed by atoms with Gasteiger partial charge in [0, 0.05) is 28.0 Å². The third kappa shape index (κ3) is 5.13. The summed E-state index contributed by atoms with van der Waals surface area (Å²) in [4.78, 5) is 13.1. The van der Waals surface area contributed by atoms with Gasteiger partial charge in [0.25, 0.3) is 0 Å². The van der Waals surface area contributed by atoms with E-state index in [0.29, 0.717) is 12.3 Å². The van der Waals surface area contributed by atoms with Crippen molar-refractivity contribution < 1.29 is 6.22 Å². The van der Waals surface area contributed by atoms with Crippen LogP contribution in [-0.2, 0) is 4.79 Å². The molecule has 0 atom stereocenters. The zero-order chi connectivity index (χ0) is 9.56. The fourth-order valence-electron chi connectivity index (χ4n) is 0.909. The first-order valence-electron chi connectivity index (χ1n) is 4.46. The van der Waals surface area contributed by atoms with Crippen molar-refractivity contribution in [3.05, 3.63) is 0 Å². The summed E-state index contributed by atoms with van der Waals surface area (Å²) in [6, 6.07) is 0. The smallest absolute Gasteiger partial charge is 0.222 e. The molecule has 0 spiro atoms. The SMILES string of the molecule is CNCCN(C)C(=O)CC(C)C.[HH]. The van der Waals surface area contributed by atoms with Crippen LogP contribution in [0.4, 0.5) is 0 Å². The van der Waals surface area contributed by atoms with Gasteiger partial charge < -0.3 is 10.2 Å². The lowest BCUT2D eigenvalue weighted by Crippen LogP contribution is -2.33. The fraction of sp³-hybridized carbons (Fsp3) is 0.889. The first kappa shape index (κ1) is 11.4. The van der Waals surface area contributed by atoms with Crippen LogP contribution in [-0.4, -0.2) is 38.0 Å². The molecule has 1 amide bonds. The van der Waals surface area contributed by atoms with Gasteiger partial charge in [0.15, 0.2) is 0 Å². The van der Waals surface area contributed by atoms with Crippen molar-refractivity contribution in [2.24, 2.45) is 5.92 Å². The van der Waals surface area contributed by atoms with Crippen LogP contribution >= 0.6 is 0 Å². The predicted molar refractivity (Wildman–Crippen MR) is 53.1 cm³/mol. The molecule has 0 rings (SSSR count). The summed E-state index contributed by atoms with van der Waals surface area (Å²) < 4.78 is 0. The Bertz CT molecular complexity index is 140. The highest BCUT2D eigenvalue weighted by atomic mass is 16.2. The van der Waals surface area contributed by atoms with Gasteiger partial charge in [0.2, 0.25) is 5.91 Å². The lowest BCUT2D eigenvalue weighted by atomic mass is 10.1. The molecule has 0 aliphatic carbocycles. The summed E-state index contributed by atoms with van der Waals surface area (Å²) in [5.41, 5.74) is 0. The molecule has 0 aliphatic rings. The maximum absolute atomic E-state index is 11.4. The molecule has 74 valence electrons. The number of nitrogens with one attached hydrogen (secondary N) is 1. The molecule has 0 fully saturated rings. The van der Waals surface area contributed by atoms with Crippen molar-refractivity contribution in [1.82, 2.24) is 10.2 Å². The minimum Gasteiger partial charge on any atom is -0.344 e. The highest BCUT2D eigenvalue weighted by Crippen LogP contribution is 2.01. The number of carbonyl (C=O) groups is 1. The largest absolute Gasteiger partial charge is 0.344 e. The van der Waals surface area contributed by atoms with Crippen molar-refractivity contribution >= 4 is 5.91 Å². The van der Waals surface area contributed by atoms with Crippen LogP contribution in [0.5, 0.6) is 0 Å². The van der Waals surface area contributed by atoms with Crippen LogP contribution in [0.25, 0.3) is 0 Å². The molecule has 0 saturated carbocycles. The van der Waals surface area contributed by atoms with E-state index in [2.05, 4.69) is 19.2 Å². The first-order chi connectivity index (χ1) is 5.57. The summed E-state index contributed by atoms with van der Waals surface area (Å²) >= 11 is 0. The second kappa shape index (κ2) is 6.00. The van der Waals surface area contributed by atoms with E-state index in [1.165, 1.54) is 0 Å². The van der Waals surface area contributed by atoms with Crippen LogP contribution in [0, 0.1) is 5.92 Å². The number of hydrogen-bond donors (Lipinski definition) is 1.